The number of aliphatic hydroxyl groups excluding tert-OH is 2. The lowest BCUT2D eigenvalue weighted by Crippen LogP contribution is -2.62. The molecular weight excluding hydrogens is 494 g/mol. The van der Waals surface area contributed by atoms with Gasteiger partial charge >= 0.3 is 0 Å². The minimum atomic E-state index is -3.45. The van der Waals surface area contributed by atoms with Crippen molar-refractivity contribution in [3.63, 3.8) is 0 Å². The number of sulfonamides is 1. The highest BCUT2D eigenvalue weighted by Crippen LogP contribution is 2.69. The van der Waals surface area contributed by atoms with Crippen molar-refractivity contribution < 1.29 is 18.6 Å². The Bertz CT molecular complexity index is 1060. The molecule has 0 aromatic heterocycles. The van der Waals surface area contributed by atoms with E-state index >= 15 is 0 Å². The Labute approximate surface area is 231 Å². The lowest BCUT2D eigenvalue weighted by atomic mass is 9.41. The Morgan fingerprint density at radius 1 is 0.974 bits per heavy atom. The number of nitrogens with one attached hydrogen (secondary N) is 1. The van der Waals surface area contributed by atoms with Crippen molar-refractivity contribution in [2.24, 2.45) is 52.3 Å². The lowest BCUT2D eigenvalue weighted by Gasteiger charge is -2.64. The van der Waals surface area contributed by atoms with Gasteiger partial charge in [-0.1, -0.05) is 52.3 Å². The summed E-state index contributed by atoms with van der Waals surface area (Å²) in [6, 6.07) is 8.62. The van der Waals surface area contributed by atoms with Crippen LogP contribution in [0, 0.1) is 52.3 Å². The van der Waals surface area contributed by atoms with Crippen LogP contribution < -0.4 is 4.72 Å². The highest BCUT2D eigenvalue weighted by Gasteiger charge is 2.64. The number of aliphatic hydroxyl groups is 2. The number of hydrogen-bond donors (Lipinski definition) is 3. The monoisotopic (exact) mass is 545 g/mol. The quantitative estimate of drug-likeness (QED) is 0.349. The fourth-order valence-electron chi connectivity index (χ4n) is 10.4. The van der Waals surface area contributed by atoms with Crippen LogP contribution in [-0.4, -0.2) is 37.4 Å². The zero-order valence-electron chi connectivity index (χ0n) is 24.0. The van der Waals surface area contributed by atoms with Crippen LogP contribution >= 0.6 is 0 Å². The molecule has 1 aromatic rings. The highest BCUT2D eigenvalue weighted by atomic mass is 32.2. The van der Waals surface area contributed by atoms with E-state index in [2.05, 4.69) is 32.4 Å². The minimum absolute atomic E-state index is 0.200. The molecule has 0 heterocycles. The third-order valence-electron chi connectivity index (χ3n) is 12.3. The Kier molecular flexibility index (Phi) is 8.12. The van der Waals surface area contributed by atoms with E-state index in [1.54, 1.807) is 24.3 Å². The fourth-order valence-corrected chi connectivity index (χ4v) is 11.5. The van der Waals surface area contributed by atoms with Crippen LogP contribution in [0.2, 0.25) is 0 Å². The van der Waals surface area contributed by atoms with Gasteiger partial charge in [0.2, 0.25) is 10.0 Å². The van der Waals surface area contributed by atoms with Crippen molar-refractivity contribution in [3.05, 3.63) is 30.3 Å². The van der Waals surface area contributed by atoms with E-state index in [0.717, 1.165) is 38.5 Å². The summed E-state index contributed by atoms with van der Waals surface area (Å²) < 4.78 is 28.0. The van der Waals surface area contributed by atoms with E-state index in [0.29, 0.717) is 52.9 Å². The van der Waals surface area contributed by atoms with Crippen LogP contribution in [-0.2, 0) is 10.0 Å². The molecule has 0 saturated heterocycles. The predicted octanol–water partition coefficient (Wildman–Crippen LogP) is 6.01. The van der Waals surface area contributed by atoms with Crippen molar-refractivity contribution in [1.29, 1.82) is 0 Å². The molecule has 38 heavy (non-hydrogen) atoms. The first-order chi connectivity index (χ1) is 18.0. The van der Waals surface area contributed by atoms with Gasteiger partial charge in [0.05, 0.1) is 17.1 Å². The molecule has 11 atom stereocenters. The Morgan fingerprint density at radius 2 is 1.66 bits per heavy atom. The molecule has 4 aliphatic rings. The molecule has 4 fully saturated rings. The third-order valence-corrected chi connectivity index (χ3v) is 13.8. The van der Waals surface area contributed by atoms with Gasteiger partial charge in [0, 0.05) is 6.54 Å². The van der Waals surface area contributed by atoms with Crippen LogP contribution in [0.3, 0.4) is 0 Å². The van der Waals surface area contributed by atoms with Gasteiger partial charge in [-0.2, -0.15) is 0 Å². The van der Waals surface area contributed by atoms with Crippen molar-refractivity contribution in [3.8, 4) is 0 Å². The Balaban J connectivity index is 1.25. The van der Waals surface area contributed by atoms with Gasteiger partial charge < -0.3 is 10.2 Å². The molecule has 3 N–H and O–H groups in total. The minimum Gasteiger partial charge on any atom is -0.393 e. The second kappa shape index (κ2) is 10.8. The average molecular weight is 546 g/mol. The molecule has 214 valence electrons. The summed E-state index contributed by atoms with van der Waals surface area (Å²) in [5, 5.41) is 22.4. The van der Waals surface area contributed by atoms with Gasteiger partial charge in [0.1, 0.15) is 0 Å². The van der Waals surface area contributed by atoms with E-state index in [4.69, 9.17) is 0 Å². The van der Waals surface area contributed by atoms with Crippen molar-refractivity contribution in [2.45, 2.75) is 109 Å². The summed E-state index contributed by atoms with van der Waals surface area (Å²) in [7, 11) is -3.45. The van der Waals surface area contributed by atoms with Crippen LogP contribution in [0.15, 0.2) is 35.2 Å². The molecule has 0 aliphatic heterocycles. The Hall–Kier alpha value is -0.950. The van der Waals surface area contributed by atoms with Gasteiger partial charge in [0.15, 0.2) is 0 Å². The first kappa shape index (κ1) is 28.6. The zero-order chi connectivity index (χ0) is 27.3. The standard InChI is InChI=1S/C32H51NO4S/c1-5-24-28-20-22(34)15-17-32(28,4)27-16-18-31(3)25(13-14-26(31)29(27)30(24)35)21(2)10-9-19-33-38(36,37)23-11-7-6-8-12-23/h6-8,11-12,21-22,24-30,33-35H,5,9-10,13-20H2,1-4H3/t21-,22-,24-,25-,26+,27+,28+,29+,30-,31-,32-/m1/s1. The van der Waals surface area contributed by atoms with E-state index in [9.17, 15) is 18.6 Å². The molecule has 5 nitrogen and oxygen atoms in total. The topological polar surface area (TPSA) is 86.6 Å². The number of hydrogen-bond acceptors (Lipinski definition) is 4. The van der Waals surface area contributed by atoms with E-state index in [1.165, 1.54) is 25.7 Å². The van der Waals surface area contributed by atoms with Crippen LogP contribution in [0.5, 0.6) is 0 Å². The maximum atomic E-state index is 12.6. The fraction of sp³-hybridized carbons (Fsp3) is 0.812. The SMILES string of the molecule is CC[C@H]1[C@@H](O)[C@@H]2[C@H](CC[C@]3(C)[C@@H]([C@H](C)CCCNS(=O)(=O)c4ccccc4)CC[C@@H]23)[C@@]2(C)CC[C@@H](O)C[C@@H]12. The van der Waals surface area contributed by atoms with Gasteiger partial charge in [-0.15, -0.1) is 0 Å². The lowest BCUT2D eigenvalue weighted by molar-refractivity contribution is -0.203. The number of benzene rings is 1. The third kappa shape index (κ3) is 4.80. The molecule has 0 radical (unpaired) electrons. The summed E-state index contributed by atoms with van der Waals surface area (Å²) in [5.74, 6) is 3.42. The summed E-state index contributed by atoms with van der Waals surface area (Å²) in [6.07, 6.45) is 10.2. The van der Waals surface area contributed by atoms with Crippen LogP contribution in [0.4, 0.5) is 0 Å². The van der Waals surface area contributed by atoms with Gasteiger partial charge in [-0.05, 0) is 122 Å². The van der Waals surface area contributed by atoms with E-state index in [1.807, 2.05) is 6.07 Å². The van der Waals surface area contributed by atoms with Crippen molar-refractivity contribution in [1.82, 2.24) is 4.72 Å². The summed E-state index contributed by atoms with van der Waals surface area (Å²) in [4.78, 5) is 0.329. The average Bonchev–Trinajstić information content (AvgIpc) is 3.25. The van der Waals surface area contributed by atoms with Gasteiger partial charge in [-0.3, -0.25) is 0 Å². The second-order valence-electron chi connectivity index (χ2n) is 14.0. The molecule has 4 aliphatic carbocycles. The van der Waals surface area contributed by atoms with E-state index < -0.39 is 10.0 Å². The molecule has 0 amide bonds. The first-order valence-electron chi connectivity index (χ1n) is 15.4. The van der Waals surface area contributed by atoms with Crippen molar-refractivity contribution >= 4 is 10.0 Å². The molecule has 6 heteroatoms. The summed E-state index contributed by atoms with van der Waals surface area (Å²) in [6.45, 7) is 10.1. The predicted molar refractivity (Wildman–Crippen MR) is 152 cm³/mol. The largest absolute Gasteiger partial charge is 0.393 e. The maximum absolute atomic E-state index is 12.6. The Morgan fingerprint density at radius 3 is 2.37 bits per heavy atom. The number of rotatable bonds is 8. The molecule has 1 aromatic carbocycles. The summed E-state index contributed by atoms with van der Waals surface area (Å²) in [5.41, 5.74) is 0.492. The summed E-state index contributed by atoms with van der Waals surface area (Å²) >= 11 is 0. The van der Waals surface area contributed by atoms with Crippen LogP contribution in [0.25, 0.3) is 0 Å². The molecule has 0 unspecified atom stereocenters. The maximum Gasteiger partial charge on any atom is 0.240 e. The molecular formula is C32H51NO4S. The van der Waals surface area contributed by atoms with Crippen LogP contribution in [0.1, 0.15) is 91.9 Å². The first-order valence-corrected chi connectivity index (χ1v) is 16.9. The molecule has 5 rings (SSSR count). The van der Waals surface area contributed by atoms with Gasteiger partial charge in [-0.25, -0.2) is 13.1 Å². The molecule has 0 bridgehead atoms. The highest BCUT2D eigenvalue weighted by molar-refractivity contribution is 7.89. The molecule has 0 spiro atoms. The van der Waals surface area contributed by atoms with Gasteiger partial charge in [0.25, 0.3) is 0 Å². The van der Waals surface area contributed by atoms with E-state index in [-0.39, 0.29) is 23.0 Å². The normalized spacial score (nSPS) is 43.6. The van der Waals surface area contributed by atoms with Crippen molar-refractivity contribution in [2.75, 3.05) is 6.54 Å². The second-order valence-corrected chi connectivity index (χ2v) is 15.7. The molecule has 4 saturated carbocycles. The smallest absolute Gasteiger partial charge is 0.240 e. The number of fused-ring (bicyclic) bond motifs is 5. The zero-order valence-corrected chi connectivity index (χ0v) is 24.8.